The fourth-order valence-corrected chi connectivity index (χ4v) is 3.19. The zero-order valence-electron chi connectivity index (χ0n) is 13.7. The molecule has 0 spiro atoms. The highest BCUT2D eigenvalue weighted by molar-refractivity contribution is 5.62. The second kappa shape index (κ2) is 6.59. The number of ether oxygens (including phenoxy) is 1. The van der Waals surface area contributed by atoms with Crippen molar-refractivity contribution in [1.82, 2.24) is 25.1 Å². The lowest BCUT2D eigenvalue weighted by Crippen LogP contribution is -2.39. The zero-order valence-corrected chi connectivity index (χ0v) is 13.7. The van der Waals surface area contributed by atoms with Crippen LogP contribution in [0.25, 0.3) is 11.3 Å². The highest BCUT2D eigenvalue weighted by Crippen LogP contribution is 2.27. The van der Waals surface area contributed by atoms with Gasteiger partial charge in [-0.25, -0.2) is 4.98 Å². The quantitative estimate of drug-likeness (QED) is 0.774. The molecule has 1 aromatic carbocycles. The SMILES string of the molecule is Cc1cnc([C@@H]2COCCN2Cc2cn[nH]c2-c2ccccc2)[nH]1. The van der Waals surface area contributed by atoms with E-state index < -0.39 is 0 Å². The summed E-state index contributed by atoms with van der Waals surface area (Å²) in [6.45, 7) is 5.12. The van der Waals surface area contributed by atoms with E-state index >= 15 is 0 Å². The summed E-state index contributed by atoms with van der Waals surface area (Å²) in [7, 11) is 0. The van der Waals surface area contributed by atoms with E-state index in [-0.39, 0.29) is 6.04 Å². The van der Waals surface area contributed by atoms with Crippen molar-refractivity contribution in [2.45, 2.75) is 19.5 Å². The van der Waals surface area contributed by atoms with E-state index in [2.05, 4.69) is 37.2 Å². The third kappa shape index (κ3) is 2.98. The Bertz CT molecular complexity index is 795. The number of H-pyrrole nitrogens is 2. The topological polar surface area (TPSA) is 69.8 Å². The van der Waals surface area contributed by atoms with Gasteiger partial charge in [-0.3, -0.25) is 10.00 Å². The first kappa shape index (κ1) is 15.1. The largest absolute Gasteiger partial charge is 0.378 e. The first-order chi connectivity index (χ1) is 11.8. The molecule has 0 bridgehead atoms. The maximum atomic E-state index is 5.68. The van der Waals surface area contributed by atoms with Gasteiger partial charge in [0, 0.05) is 30.5 Å². The van der Waals surface area contributed by atoms with Crippen molar-refractivity contribution < 1.29 is 4.74 Å². The van der Waals surface area contributed by atoms with Gasteiger partial charge in [-0.2, -0.15) is 5.10 Å². The van der Waals surface area contributed by atoms with Crippen LogP contribution < -0.4 is 0 Å². The number of hydrogen-bond acceptors (Lipinski definition) is 4. The number of nitrogens with one attached hydrogen (secondary N) is 2. The first-order valence-corrected chi connectivity index (χ1v) is 8.22. The molecule has 1 aliphatic rings. The van der Waals surface area contributed by atoms with Crippen LogP contribution in [-0.2, 0) is 11.3 Å². The molecule has 6 heteroatoms. The molecule has 1 saturated heterocycles. The van der Waals surface area contributed by atoms with E-state index in [1.54, 1.807) is 0 Å². The molecule has 0 amide bonds. The first-order valence-electron chi connectivity index (χ1n) is 8.22. The zero-order chi connectivity index (χ0) is 16.4. The molecule has 1 aliphatic heterocycles. The van der Waals surface area contributed by atoms with Crippen LogP contribution in [0.1, 0.15) is 23.1 Å². The summed E-state index contributed by atoms with van der Waals surface area (Å²) in [6.07, 6.45) is 3.79. The maximum Gasteiger partial charge on any atom is 0.126 e. The molecule has 3 heterocycles. The molecule has 0 saturated carbocycles. The van der Waals surface area contributed by atoms with Crippen LogP contribution in [0.2, 0.25) is 0 Å². The molecular weight excluding hydrogens is 302 g/mol. The normalized spacial score (nSPS) is 18.8. The van der Waals surface area contributed by atoms with Gasteiger partial charge in [-0.1, -0.05) is 30.3 Å². The van der Waals surface area contributed by atoms with E-state index in [1.807, 2.05) is 37.5 Å². The van der Waals surface area contributed by atoms with E-state index in [0.717, 1.165) is 42.5 Å². The Morgan fingerprint density at radius 1 is 1.25 bits per heavy atom. The van der Waals surface area contributed by atoms with Gasteiger partial charge < -0.3 is 9.72 Å². The minimum absolute atomic E-state index is 0.144. The van der Waals surface area contributed by atoms with E-state index in [1.165, 1.54) is 5.56 Å². The van der Waals surface area contributed by atoms with Crippen molar-refractivity contribution in [3.8, 4) is 11.3 Å². The van der Waals surface area contributed by atoms with E-state index in [0.29, 0.717) is 6.61 Å². The van der Waals surface area contributed by atoms with Crippen molar-refractivity contribution in [3.05, 3.63) is 59.8 Å². The number of aryl methyl sites for hydroxylation is 1. The summed E-state index contributed by atoms with van der Waals surface area (Å²) >= 11 is 0. The molecule has 0 radical (unpaired) electrons. The number of hydrogen-bond donors (Lipinski definition) is 2. The van der Waals surface area contributed by atoms with Gasteiger partial charge in [0.2, 0.25) is 0 Å². The van der Waals surface area contributed by atoms with Crippen LogP contribution in [0.4, 0.5) is 0 Å². The summed E-state index contributed by atoms with van der Waals surface area (Å²) in [5, 5.41) is 7.40. The molecule has 3 aromatic rings. The predicted molar refractivity (Wildman–Crippen MR) is 91.3 cm³/mol. The van der Waals surface area contributed by atoms with E-state index in [4.69, 9.17) is 4.74 Å². The van der Waals surface area contributed by atoms with Gasteiger partial charge in [0.1, 0.15) is 5.82 Å². The third-order valence-electron chi connectivity index (χ3n) is 4.43. The maximum absolute atomic E-state index is 5.68. The number of rotatable bonds is 4. The Balaban J connectivity index is 1.59. The Labute approximate surface area is 140 Å². The lowest BCUT2D eigenvalue weighted by Gasteiger charge is -2.34. The molecule has 124 valence electrons. The smallest absolute Gasteiger partial charge is 0.126 e. The average Bonchev–Trinajstić information content (AvgIpc) is 3.25. The molecule has 0 aliphatic carbocycles. The number of aromatic nitrogens is 4. The lowest BCUT2D eigenvalue weighted by atomic mass is 10.1. The molecule has 0 unspecified atom stereocenters. The Kier molecular flexibility index (Phi) is 4.15. The van der Waals surface area contributed by atoms with Gasteiger partial charge in [0.05, 0.1) is 31.1 Å². The van der Waals surface area contributed by atoms with Crippen LogP contribution in [0.15, 0.2) is 42.7 Å². The number of benzene rings is 1. The van der Waals surface area contributed by atoms with Crippen LogP contribution >= 0.6 is 0 Å². The number of aromatic amines is 2. The lowest BCUT2D eigenvalue weighted by molar-refractivity contribution is -0.0156. The van der Waals surface area contributed by atoms with E-state index in [9.17, 15) is 0 Å². The van der Waals surface area contributed by atoms with Gasteiger partial charge >= 0.3 is 0 Å². The fraction of sp³-hybridized carbons (Fsp3) is 0.333. The number of nitrogens with zero attached hydrogens (tertiary/aromatic N) is 3. The Morgan fingerprint density at radius 2 is 2.12 bits per heavy atom. The van der Waals surface area contributed by atoms with Crippen LogP contribution in [-0.4, -0.2) is 44.8 Å². The average molecular weight is 323 g/mol. The van der Waals surface area contributed by atoms with Crippen LogP contribution in [0.5, 0.6) is 0 Å². The molecule has 1 fully saturated rings. The van der Waals surface area contributed by atoms with Crippen molar-refractivity contribution in [3.63, 3.8) is 0 Å². The van der Waals surface area contributed by atoms with Crippen molar-refractivity contribution in [1.29, 1.82) is 0 Å². The molecular formula is C18H21N5O. The fourth-order valence-electron chi connectivity index (χ4n) is 3.19. The van der Waals surface area contributed by atoms with Crippen molar-refractivity contribution in [2.75, 3.05) is 19.8 Å². The highest BCUT2D eigenvalue weighted by Gasteiger charge is 2.27. The molecule has 6 nitrogen and oxygen atoms in total. The second-order valence-electron chi connectivity index (χ2n) is 6.15. The molecule has 4 rings (SSSR count). The predicted octanol–water partition coefficient (Wildman–Crippen LogP) is 2.68. The standard InChI is InChI=1S/C18H21N5O/c1-13-9-19-18(21-13)16-12-24-8-7-23(16)11-15-10-20-22-17(15)14-5-3-2-4-6-14/h2-6,9-10,16H,7-8,11-12H2,1H3,(H,19,21)(H,20,22)/t16-/m0/s1. The number of morpholine rings is 1. The number of imidazole rings is 1. The monoisotopic (exact) mass is 323 g/mol. The Hall–Kier alpha value is -2.44. The van der Waals surface area contributed by atoms with Crippen LogP contribution in [0, 0.1) is 6.92 Å². The molecule has 24 heavy (non-hydrogen) atoms. The summed E-state index contributed by atoms with van der Waals surface area (Å²) in [6, 6.07) is 10.5. The van der Waals surface area contributed by atoms with Gasteiger partial charge in [-0.15, -0.1) is 0 Å². The van der Waals surface area contributed by atoms with Gasteiger partial charge in [-0.05, 0) is 12.5 Å². The molecule has 2 aromatic heterocycles. The van der Waals surface area contributed by atoms with Crippen molar-refractivity contribution >= 4 is 0 Å². The summed E-state index contributed by atoms with van der Waals surface area (Å²) in [5.41, 5.74) is 4.50. The highest BCUT2D eigenvalue weighted by atomic mass is 16.5. The molecule has 1 atom stereocenters. The minimum atomic E-state index is 0.144. The van der Waals surface area contributed by atoms with Gasteiger partial charge in [0.25, 0.3) is 0 Å². The second-order valence-corrected chi connectivity index (χ2v) is 6.15. The third-order valence-corrected chi connectivity index (χ3v) is 4.43. The van der Waals surface area contributed by atoms with Crippen LogP contribution in [0.3, 0.4) is 0 Å². The summed E-state index contributed by atoms with van der Waals surface area (Å²) < 4.78 is 5.68. The minimum Gasteiger partial charge on any atom is -0.378 e. The summed E-state index contributed by atoms with van der Waals surface area (Å²) in [4.78, 5) is 10.2. The Morgan fingerprint density at radius 3 is 2.92 bits per heavy atom. The summed E-state index contributed by atoms with van der Waals surface area (Å²) in [5.74, 6) is 0.969. The van der Waals surface area contributed by atoms with Crippen molar-refractivity contribution in [2.24, 2.45) is 0 Å². The van der Waals surface area contributed by atoms with Gasteiger partial charge in [0.15, 0.2) is 0 Å². The molecule has 2 N–H and O–H groups in total.